The van der Waals surface area contributed by atoms with Gasteiger partial charge >= 0.3 is 74.5 Å². The van der Waals surface area contributed by atoms with Gasteiger partial charge in [-0.3, -0.25) is 4.79 Å². The molecule has 0 saturated carbocycles. The molecule has 0 aliphatic carbocycles. The van der Waals surface area contributed by atoms with Gasteiger partial charge in [0.05, 0.1) is 6.61 Å². The highest BCUT2D eigenvalue weighted by Crippen LogP contribution is 2.30. The van der Waals surface area contributed by atoms with E-state index in [4.69, 9.17) is 41.8 Å². The SMILES string of the molecule is CC(=O)OCCC[SiH](C)O[Si](C)(C)O[Si](C)(C)O[Si](C)(C)O[Si](C)(C)O[Si](C)(C)O[Si](C)(C)O[Si](C)(C)O[Si](C)(C)O[Si](C)(C)C. The summed E-state index contributed by atoms with van der Waals surface area (Å²) in [6.45, 7) is 43.7. The summed E-state index contributed by atoms with van der Waals surface area (Å²) in [5.74, 6) is -0.248. The molecule has 0 aromatic carbocycles. The highest BCUT2D eigenvalue weighted by Gasteiger charge is 2.50. The highest BCUT2D eigenvalue weighted by molar-refractivity contribution is 6.92. The van der Waals surface area contributed by atoms with Crippen LogP contribution in [0.15, 0.2) is 0 Å². The minimum atomic E-state index is -2.68. The molecular formula is C25H70O11Si10. The van der Waals surface area contributed by atoms with Crippen molar-refractivity contribution in [1.82, 2.24) is 0 Å². The maximum Gasteiger partial charge on any atom is 0.314 e. The fourth-order valence-corrected chi connectivity index (χ4v) is 54.7. The Morgan fingerprint density at radius 3 is 0.978 bits per heavy atom. The molecule has 0 aliphatic heterocycles. The molecule has 0 rings (SSSR count). The van der Waals surface area contributed by atoms with Crippen molar-refractivity contribution in [1.29, 1.82) is 0 Å². The molecule has 276 valence electrons. The molecule has 0 saturated heterocycles. The van der Waals surface area contributed by atoms with Gasteiger partial charge in [-0.1, -0.05) is 0 Å². The van der Waals surface area contributed by atoms with E-state index in [2.05, 4.69) is 131 Å². The lowest BCUT2D eigenvalue weighted by atomic mass is 10.5. The molecule has 0 heterocycles. The molecule has 0 N–H and O–H groups in total. The number of carbonyl (C=O) groups is 1. The molecule has 21 heteroatoms. The van der Waals surface area contributed by atoms with E-state index in [0.717, 1.165) is 12.5 Å². The van der Waals surface area contributed by atoms with Crippen LogP contribution in [0.25, 0.3) is 0 Å². The Bertz CT molecular complexity index is 971. The van der Waals surface area contributed by atoms with Crippen LogP contribution >= 0.6 is 0 Å². The topological polar surface area (TPSA) is 109 Å². The maximum absolute atomic E-state index is 11.0. The van der Waals surface area contributed by atoms with E-state index in [1.54, 1.807) is 0 Å². The standard InChI is InChI=1S/C25H70O11Si10/c1-25(26)27-23-22-24-37(2)28-39(6,7)30-41(10,11)32-43(14,15)34-45(18,19)36-46(20,21)35-44(16,17)33-42(12,13)31-40(8,9)29-38(3,4)5/h37H,22-24H2,1-21H3. The van der Waals surface area contributed by atoms with Gasteiger partial charge in [-0.15, -0.1) is 0 Å². The lowest BCUT2D eigenvalue weighted by Crippen LogP contribution is -2.62. The molecular weight excluding hydrogens is 757 g/mol. The van der Waals surface area contributed by atoms with Gasteiger partial charge in [-0.2, -0.15) is 0 Å². The smallest absolute Gasteiger partial charge is 0.314 e. The average Bonchev–Trinajstić information content (AvgIpc) is 2.61. The Morgan fingerprint density at radius 2 is 0.717 bits per heavy atom. The summed E-state index contributed by atoms with van der Waals surface area (Å²) in [5.41, 5.74) is 0. The number of esters is 1. The molecule has 46 heavy (non-hydrogen) atoms. The maximum atomic E-state index is 11.0. The van der Waals surface area contributed by atoms with Gasteiger partial charge in [0, 0.05) is 6.92 Å². The largest absolute Gasteiger partial charge is 0.466 e. The summed E-state index contributed by atoms with van der Waals surface area (Å²) in [6, 6.07) is 0.919. The quantitative estimate of drug-likeness (QED) is 0.0604. The number of hydrogen-bond donors (Lipinski definition) is 0. The van der Waals surface area contributed by atoms with Crippen LogP contribution in [0, 0.1) is 0 Å². The van der Waals surface area contributed by atoms with Crippen molar-refractivity contribution in [2.75, 3.05) is 6.61 Å². The van der Waals surface area contributed by atoms with Gasteiger partial charge in [-0.25, -0.2) is 0 Å². The van der Waals surface area contributed by atoms with Crippen LogP contribution in [0.2, 0.25) is 137 Å². The van der Waals surface area contributed by atoms with Crippen molar-refractivity contribution >= 4 is 91.8 Å². The Labute approximate surface area is 293 Å². The molecule has 0 bridgehead atoms. The van der Waals surface area contributed by atoms with E-state index < -0.39 is 85.8 Å². The second-order valence-electron chi connectivity index (χ2n) is 16.5. The first-order valence-corrected chi connectivity index (χ1v) is 44.8. The minimum Gasteiger partial charge on any atom is -0.466 e. The van der Waals surface area contributed by atoms with E-state index in [-0.39, 0.29) is 5.97 Å². The first kappa shape index (κ1) is 47.3. The van der Waals surface area contributed by atoms with Crippen molar-refractivity contribution in [2.24, 2.45) is 0 Å². The second-order valence-corrected chi connectivity index (χ2v) is 52.8. The number of ether oxygens (including phenoxy) is 1. The van der Waals surface area contributed by atoms with Crippen LogP contribution in [0.3, 0.4) is 0 Å². The van der Waals surface area contributed by atoms with E-state index in [9.17, 15) is 4.79 Å². The summed E-state index contributed by atoms with van der Waals surface area (Å²) in [6.07, 6.45) is 0.804. The molecule has 1 unspecified atom stereocenters. The van der Waals surface area contributed by atoms with E-state index >= 15 is 0 Å². The van der Waals surface area contributed by atoms with E-state index in [1.807, 2.05) is 0 Å². The van der Waals surface area contributed by atoms with Crippen LogP contribution < -0.4 is 0 Å². The fraction of sp³-hybridized carbons (Fsp3) is 0.960. The number of hydrogen-bond acceptors (Lipinski definition) is 11. The molecule has 0 amide bonds. The summed E-state index contributed by atoms with van der Waals surface area (Å²) in [5, 5.41) is 0. The van der Waals surface area contributed by atoms with Crippen molar-refractivity contribution in [3.8, 4) is 0 Å². The molecule has 1 atom stereocenters. The lowest BCUT2D eigenvalue weighted by Gasteiger charge is -2.44. The van der Waals surface area contributed by atoms with Crippen LogP contribution in [-0.4, -0.2) is 98.4 Å². The van der Waals surface area contributed by atoms with Crippen molar-refractivity contribution in [3.05, 3.63) is 0 Å². The Hall–Kier alpha value is 1.28. The van der Waals surface area contributed by atoms with Crippen LogP contribution in [0.4, 0.5) is 0 Å². The summed E-state index contributed by atoms with van der Waals surface area (Å²) in [4.78, 5) is 11.0. The fourth-order valence-electron chi connectivity index (χ4n) is 6.18. The minimum absolute atomic E-state index is 0.248. The lowest BCUT2D eigenvalue weighted by molar-refractivity contribution is -0.140. The van der Waals surface area contributed by atoms with Crippen molar-refractivity contribution < 1.29 is 46.6 Å². The summed E-state index contributed by atoms with van der Waals surface area (Å²) < 4.78 is 64.8. The average molecular weight is 828 g/mol. The van der Waals surface area contributed by atoms with Crippen LogP contribution in [-0.2, 0) is 46.6 Å². The van der Waals surface area contributed by atoms with Crippen LogP contribution in [0.1, 0.15) is 13.3 Å². The summed E-state index contributed by atoms with van der Waals surface area (Å²) >= 11 is 0. The van der Waals surface area contributed by atoms with Gasteiger partial charge in [0.25, 0.3) is 0 Å². The molecule has 11 nitrogen and oxygen atoms in total. The predicted molar refractivity (Wildman–Crippen MR) is 212 cm³/mol. The van der Waals surface area contributed by atoms with E-state index in [0.29, 0.717) is 6.61 Å². The third-order valence-corrected chi connectivity index (χ3v) is 42.6. The summed E-state index contributed by atoms with van der Waals surface area (Å²) in [7, 11) is -23.8. The van der Waals surface area contributed by atoms with Gasteiger partial charge in [0.15, 0.2) is 17.4 Å². The van der Waals surface area contributed by atoms with E-state index in [1.165, 1.54) is 6.92 Å². The Kier molecular flexibility index (Phi) is 17.7. The van der Waals surface area contributed by atoms with Crippen molar-refractivity contribution in [2.45, 2.75) is 150 Å². The van der Waals surface area contributed by atoms with Gasteiger partial charge in [0.2, 0.25) is 0 Å². The normalized spacial score (nSPS) is 15.7. The number of carbonyl (C=O) groups excluding carboxylic acids is 1. The zero-order valence-electron chi connectivity index (χ0n) is 33.2. The Balaban J connectivity index is 5.32. The first-order chi connectivity index (χ1) is 20.0. The van der Waals surface area contributed by atoms with Crippen LogP contribution in [0.5, 0.6) is 0 Å². The zero-order chi connectivity index (χ0) is 36.8. The predicted octanol–water partition coefficient (Wildman–Crippen LogP) is 7.89. The number of rotatable bonds is 22. The third kappa shape index (κ3) is 23.6. The monoisotopic (exact) mass is 826 g/mol. The second kappa shape index (κ2) is 17.2. The van der Waals surface area contributed by atoms with Gasteiger partial charge in [0.1, 0.15) is 0 Å². The molecule has 0 spiro atoms. The highest BCUT2D eigenvalue weighted by atomic mass is 28.5. The third-order valence-electron chi connectivity index (χ3n) is 5.54. The zero-order valence-corrected chi connectivity index (χ0v) is 43.3. The first-order valence-electron chi connectivity index (χ1n) is 16.4. The van der Waals surface area contributed by atoms with Gasteiger partial charge < -0.3 is 41.8 Å². The Morgan fingerprint density at radius 1 is 0.457 bits per heavy atom. The van der Waals surface area contributed by atoms with Crippen molar-refractivity contribution in [3.63, 3.8) is 0 Å². The molecule has 0 fully saturated rings. The molecule has 0 radical (unpaired) electrons. The molecule has 0 aromatic rings. The van der Waals surface area contributed by atoms with Gasteiger partial charge in [-0.05, 0) is 143 Å². The molecule has 0 aliphatic rings. The molecule has 0 aromatic heterocycles.